The molecule has 0 aliphatic heterocycles. The minimum Gasteiger partial charge on any atom is -0.253 e. The standard InChI is InChI=1S/C18H35F4N/c1-2-3-4-5-6-7-8-9-10-11-12-13-14-15-16-23-18(21,22)17(19)20/h17,23H,2-16H2,1H3. The molecule has 0 atom stereocenters. The molecule has 0 spiro atoms. The van der Waals surface area contributed by atoms with Crippen LogP contribution in [-0.2, 0) is 0 Å². The van der Waals surface area contributed by atoms with Crippen LogP contribution in [0.2, 0.25) is 0 Å². The summed E-state index contributed by atoms with van der Waals surface area (Å²) in [7, 11) is 0. The summed E-state index contributed by atoms with van der Waals surface area (Å²) in [6, 6.07) is -4.05. The van der Waals surface area contributed by atoms with Gasteiger partial charge >= 0.3 is 12.5 Å². The van der Waals surface area contributed by atoms with Gasteiger partial charge in [-0.3, -0.25) is 5.32 Å². The Hall–Kier alpha value is -0.320. The van der Waals surface area contributed by atoms with Gasteiger partial charge in [0.1, 0.15) is 0 Å². The number of hydrogen-bond donors (Lipinski definition) is 1. The number of unbranched alkanes of at least 4 members (excludes halogenated alkanes) is 13. The summed E-state index contributed by atoms with van der Waals surface area (Å²) in [4.78, 5) is 0. The number of alkyl halides is 4. The van der Waals surface area contributed by atoms with Crippen LogP contribution in [-0.4, -0.2) is 19.0 Å². The zero-order valence-electron chi connectivity index (χ0n) is 14.7. The van der Waals surface area contributed by atoms with Gasteiger partial charge in [0.2, 0.25) is 0 Å². The Morgan fingerprint density at radius 1 is 0.652 bits per heavy atom. The largest absolute Gasteiger partial charge is 0.362 e. The molecule has 0 unspecified atom stereocenters. The third-order valence-electron chi connectivity index (χ3n) is 4.17. The summed E-state index contributed by atoms with van der Waals surface area (Å²) >= 11 is 0. The Morgan fingerprint density at radius 3 is 1.35 bits per heavy atom. The predicted octanol–water partition coefficient (Wildman–Crippen LogP) is 6.92. The van der Waals surface area contributed by atoms with Crippen molar-refractivity contribution >= 4 is 0 Å². The average molecular weight is 341 g/mol. The van der Waals surface area contributed by atoms with E-state index in [0.29, 0.717) is 6.42 Å². The van der Waals surface area contributed by atoms with Crippen molar-refractivity contribution in [2.75, 3.05) is 6.54 Å². The zero-order chi connectivity index (χ0) is 17.4. The Balaban J connectivity index is 3.14. The lowest BCUT2D eigenvalue weighted by atomic mass is 10.0. The minimum absolute atomic E-state index is 0.0463. The molecule has 0 aromatic carbocycles. The minimum atomic E-state index is -4.05. The third kappa shape index (κ3) is 15.0. The molecule has 5 heteroatoms. The van der Waals surface area contributed by atoms with Crippen LogP contribution in [0.5, 0.6) is 0 Å². The van der Waals surface area contributed by atoms with Crippen molar-refractivity contribution in [3.05, 3.63) is 0 Å². The maximum Gasteiger partial charge on any atom is 0.362 e. The van der Waals surface area contributed by atoms with Crippen LogP contribution < -0.4 is 5.32 Å². The molecule has 0 amide bonds. The molecule has 0 aliphatic rings. The van der Waals surface area contributed by atoms with E-state index in [1.165, 1.54) is 64.2 Å². The summed E-state index contributed by atoms with van der Waals surface area (Å²) < 4.78 is 48.9. The highest BCUT2D eigenvalue weighted by Crippen LogP contribution is 2.19. The van der Waals surface area contributed by atoms with E-state index in [4.69, 9.17) is 0 Å². The molecule has 140 valence electrons. The van der Waals surface area contributed by atoms with Crippen LogP contribution in [0, 0.1) is 0 Å². The third-order valence-corrected chi connectivity index (χ3v) is 4.17. The maximum absolute atomic E-state index is 12.5. The molecule has 0 aromatic heterocycles. The van der Waals surface area contributed by atoms with Crippen LogP contribution in [0.3, 0.4) is 0 Å². The summed E-state index contributed by atoms with van der Waals surface area (Å²) in [5.74, 6) is 0. The second-order valence-electron chi connectivity index (χ2n) is 6.45. The quantitative estimate of drug-likeness (QED) is 0.172. The Morgan fingerprint density at radius 2 is 1.00 bits per heavy atom. The molecule has 0 saturated heterocycles. The summed E-state index contributed by atoms with van der Waals surface area (Å²) in [5, 5.41) is 1.62. The van der Waals surface area contributed by atoms with Crippen molar-refractivity contribution in [3.63, 3.8) is 0 Å². The van der Waals surface area contributed by atoms with Crippen molar-refractivity contribution in [2.45, 2.75) is 109 Å². The monoisotopic (exact) mass is 341 g/mol. The second kappa shape index (κ2) is 15.2. The Kier molecular flexibility index (Phi) is 15.0. The maximum atomic E-state index is 12.5. The van der Waals surface area contributed by atoms with Gasteiger partial charge in [0.15, 0.2) is 0 Å². The SMILES string of the molecule is CCCCCCCCCCCCCCCCNC(F)(F)C(F)F. The van der Waals surface area contributed by atoms with E-state index in [1.54, 1.807) is 5.32 Å². The molecule has 0 aromatic rings. The van der Waals surface area contributed by atoms with E-state index in [1.807, 2.05) is 0 Å². The van der Waals surface area contributed by atoms with Crippen molar-refractivity contribution in [2.24, 2.45) is 0 Å². The molecular formula is C18H35F4N. The number of nitrogens with one attached hydrogen (secondary N) is 1. The van der Waals surface area contributed by atoms with Crippen LogP contribution in [0.15, 0.2) is 0 Å². The van der Waals surface area contributed by atoms with Gasteiger partial charge in [-0.2, -0.15) is 8.78 Å². The molecule has 0 rings (SSSR count). The molecule has 23 heavy (non-hydrogen) atoms. The fourth-order valence-electron chi connectivity index (χ4n) is 2.65. The fraction of sp³-hybridized carbons (Fsp3) is 1.00. The predicted molar refractivity (Wildman–Crippen MR) is 89.3 cm³/mol. The van der Waals surface area contributed by atoms with Gasteiger partial charge in [0, 0.05) is 6.54 Å². The smallest absolute Gasteiger partial charge is 0.253 e. The molecule has 1 N–H and O–H groups in total. The van der Waals surface area contributed by atoms with Crippen LogP contribution in [0.4, 0.5) is 17.6 Å². The number of rotatable bonds is 17. The van der Waals surface area contributed by atoms with E-state index in [0.717, 1.165) is 19.3 Å². The van der Waals surface area contributed by atoms with Gasteiger partial charge in [-0.1, -0.05) is 90.4 Å². The van der Waals surface area contributed by atoms with Crippen LogP contribution in [0.1, 0.15) is 96.8 Å². The molecule has 0 saturated carbocycles. The lowest BCUT2D eigenvalue weighted by Gasteiger charge is -2.16. The van der Waals surface area contributed by atoms with E-state index in [9.17, 15) is 17.6 Å². The summed E-state index contributed by atoms with van der Waals surface area (Å²) in [6.07, 6.45) is 13.0. The molecule has 0 radical (unpaired) electrons. The van der Waals surface area contributed by atoms with E-state index < -0.39 is 12.5 Å². The van der Waals surface area contributed by atoms with Crippen molar-refractivity contribution in [3.8, 4) is 0 Å². The lowest BCUT2D eigenvalue weighted by Crippen LogP contribution is -2.43. The first kappa shape index (κ1) is 22.7. The first-order valence-electron chi connectivity index (χ1n) is 9.41. The molecule has 1 nitrogen and oxygen atoms in total. The first-order chi connectivity index (χ1) is 11.0. The number of hydrogen-bond acceptors (Lipinski definition) is 1. The summed E-state index contributed by atoms with van der Waals surface area (Å²) in [5.41, 5.74) is 0. The van der Waals surface area contributed by atoms with Gasteiger partial charge in [-0.25, -0.2) is 8.78 Å². The van der Waals surface area contributed by atoms with Crippen molar-refractivity contribution < 1.29 is 17.6 Å². The average Bonchev–Trinajstić information content (AvgIpc) is 2.51. The molecular weight excluding hydrogens is 306 g/mol. The molecule has 0 heterocycles. The van der Waals surface area contributed by atoms with E-state index in [2.05, 4.69) is 6.92 Å². The normalized spacial score (nSPS) is 12.3. The van der Waals surface area contributed by atoms with Gasteiger partial charge in [-0.15, -0.1) is 0 Å². The zero-order valence-corrected chi connectivity index (χ0v) is 14.7. The van der Waals surface area contributed by atoms with E-state index >= 15 is 0 Å². The topological polar surface area (TPSA) is 12.0 Å². The molecule has 0 aliphatic carbocycles. The van der Waals surface area contributed by atoms with E-state index in [-0.39, 0.29) is 6.54 Å². The van der Waals surface area contributed by atoms with Crippen molar-refractivity contribution in [1.29, 1.82) is 0 Å². The fourth-order valence-corrected chi connectivity index (χ4v) is 2.65. The Bertz CT molecular complexity index is 247. The van der Waals surface area contributed by atoms with Gasteiger partial charge in [0.05, 0.1) is 0 Å². The highest BCUT2D eigenvalue weighted by Gasteiger charge is 2.39. The lowest BCUT2D eigenvalue weighted by molar-refractivity contribution is -0.150. The van der Waals surface area contributed by atoms with Crippen LogP contribution >= 0.6 is 0 Å². The number of halogens is 4. The molecule has 0 fully saturated rings. The first-order valence-corrected chi connectivity index (χ1v) is 9.41. The highest BCUT2D eigenvalue weighted by atomic mass is 19.3. The summed E-state index contributed by atoms with van der Waals surface area (Å²) in [6.45, 7) is 2.19. The molecule has 0 bridgehead atoms. The van der Waals surface area contributed by atoms with Crippen molar-refractivity contribution in [1.82, 2.24) is 5.32 Å². The van der Waals surface area contributed by atoms with Gasteiger partial charge in [-0.05, 0) is 6.42 Å². The van der Waals surface area contributed by atoms with Crippen LogP contribution in [0.25, 0.3) is 0 Å². The second-order valence-corrected chi connectivity index (χ2v) is 6.45. The highest BCUT2D eigenvalue weighted by molar-refractivity contribution is 4.65. The Labute approximate surface area is 139 Å². The van der Waals surface area contributed by atoms with Gasteiger partial charge < -0.3 is 0 Å². The van der Waals surface area contributed by atoms with Gasteiger partial charge in [0.25, 0.3) is 0 Å².